The number of carbonyl (C=O) groups is 1. The van der Waals surface area contributed by atoms with Crippen LogP contribution in [0, 0.1) is 17.1 Å². The Bertz CT molecular complexity index is 1210. The van der Waals surface area contributed by atoms with E-state index < -0.39 is 17.7 Å². The van der Waals surface area contributed by atoms with E-state index in [0.717, 1.165) is 22.5 Å². The third kappa shape index (κ3) is 5.03. The Morgan fingerprint density at radius 2 is 2.00 bits per heavy atom. The summed E-state index contributed by atoms with van der Waals surface area (Å²) in [6.07, 6.45) is 0.585. The standard InChI is InChI=1S/C27H27FN4O2/c1-17(27(33)34)21-11-10-18(14-22(21)28)12-13-30-25(19-6-3-2-4-7-19)24-16-31-23-9-5-8-20(15-29)26(23)32-24/h2-11,14,17,24-25,30-32H,12-13,16H2,1H3,(H,33,34)/t17-,24-,25-/m1/s1. The van der Waals surface area contributed by atoms with Gasteiger partial charge in [0.2, 0.25) is 0 Å². The van der Waals surface area contributed by atoms with E-state index in [2.05, 4.69) is 34.2 Å². The number of hydrogen-bond donors (Lipinski definition) is 4. The first-order valence-electron chi connectivity index (χ1n) is 11.3. The smallest absolute Gasteiger partial charge is 0.310 e. The second-order valence-corrected chi connectivity index (χ2v) is 8.48. The molecule has 0 saturated heterocycles. The lowest BCUT2D eigenvalue weighted by Gasteiger charge is -2.35. The topological polar surface area (TPSA) is 97.2 Å². The van der Waals surface area contributed by atoms with Crippen molar-refractivity contribution in [2.75, 3.05) is 23.7 Å². The van der Waals surface area contributed by atoms with Crippen LogP contribution in [0.5, 0.6) is 0 Å². The minimum Gasteiger partial charge on any atom is -0.481 e. The van der Waals surface area contributed by atoms with E-state index in [0.29, 0.717) is 25.1 Å². The molecule has 7 heteroatoms. The van der Waals surface area contributed by atoms with Gasteiger partial charge in [-0.05, 0) is 49.2 Å². The van der Waals surface area contributed by atoms with Gasteiger partial charge in [0.1, 0.15) is 11.9 Å². The molecule has 0 radical (unpaired) electrons. The molecule has 1 aliphatic heterocycles. The number of rotatable bonds is 8. The van der Waals surface area contributed by atoms with Gasteiger partial charge < -0.3 is 21.1 Å². The van der Waals surface area contributed by atoms with Gasteiger partial charge in [0.15, 0.2) is 0 Å². The van der Waals surface area contributed by atoms with Crippen LogP contribution in [0.4, 0.5) is 15.8 Å². The van der Waals surface area contributed by atoms with E-state index >= 15 is 0 Å². The Morgan fingerprint density at radius 1 is 1.21 bits per heavy atom. The van der Waals surface area contributed by atoms with Crippen molar-refractivity contribution in [3.05, 3.63) is 94.8 Å². The Hall–Kier alpha value is -3.89. The maximum Gasteiger partial charge on any atom is 0.310 e. The lowest BCUT2D eigenvalue weighted by molar-refractivity contribution is -0.138. The van der Waals surface area contributed by atoms with Crippen molar-refractivity contribution in [2.24, 2.45) is 0 Å². The molecular formula is C27H27FN4O2. The molecule has 0 saturated carbocycles. The van der Waals surface area contributed by atoms with Crippen LogP contribution in [0.15, 0.2) is 66.7 Å². The second-order valence-electron chi connectivity index (χ2n) is 8.48. The average Bonchev–Trinajstić information content (AvgIpc) is 2.86. The number of nitrogens with zero attached hydrogens (tertiary/aromatic N) is 1. The number of fused-ring (bicyclic) bond motifs is 1. The summed E-state index contributed by atoms with van der Waals surface area (Å²) in [5, 5.41) is 29.2. The van der Waals surface area contributed by atoms with Crippen LogP contribution in [0.3, 0.4) is 0 Å². The molecule has 34 heavy (non-hydrogen) atoms. The Morgan fingerprint density at radius 3 is 2.71 bits per heavy atom. The maximum atomic E-state index is 14.5. The molecular weight excluding hydrogens is 431 g/mol. The highest BCUT2D eigenvalue weighted by Gasteiger charge is 2.28. The van der Waals surface area contributed by atoms with E-state index in [1.54, 1.807) is 18.2 Å². The van der Waals surface area contributed by atoms with E-state index in [1.807, 2.05) is 30.3 Å². The predicted molar refractivity (Wildman–Crippen MR) is 130 cm³/mol. The zero-order valence-corrected chi connectivity index (χ0v) is 18.9. The third-order valence-electron chi connectivity index (χ3n) is 6.27. The molecule has 4 rings (SSSR count). The monoisotopic (exact) mass is 458 g/mol. The quantitative estimate of drug-likeness (QED) is 0.392. The van der Waals surface area contributed by atoms with E-state index in [1.165, 1.54) is 13.0 Å². The first-order valence-corrected chi connectivity index (χ1v) is 11.3. The number of anilines is 2. The van der Waals surface area contributed by atoms with Crippen molar-refractivity contribution in [3.8, 4) is 6.07 Å². The molecule has 0 spiro atoms. The Labute approximate surface area is 198 Å². The van der Waals surface area contributed by atoms with Crippen molar-refractivity contribution < 1.29 is 14.3 Å². The van der Waals surface area contributed by atoms with Crippen molar-refractivity contribution >= 4 is 17.3 Å². The van der Waals surface area contributed by atoms with Crippen LogP contribution < -0.4 is 16.0 Å². The predicted octanol–water partition coefficient (Wildman–Crippen LogP) is 4.67. The van der Waals surface area contributed by atoms with E-state index in [4.69, 9.17) is 5.11 Å². The number of carboxylic acid groups (broad SMARTS) is 1. The summed E-state index contributed by atoms with van der Waals surface area (Å²) in [4.78, 5) is 11.2. The fourth-order valence-corrected chi connectivity index (χ4v) is 4.34. The molecule has 0 aliphatic carbocycles. The molecule has 0 fully saturated rings. The van der Waals surface area contributed by atoms with Crippen LogP contribution in [0.2, 0.25) is 0 Å². The molecule has 0 bridgehead atoms. The third-order valence-corrected chi connectivity index (χ3v) is 6.27. The molecule has 1 aliphatic rings. The molecule has 3 aromatic carbocycles. The molecule has 3 aromatic rings. The number of halogens is 1. The number of carboxylic acids is 1. The van der Waals surface area contributed by atoms with Gasteiger partial charge in [0.05, 0.1) is 34.9 Å². The lowest BCUT2D eigenvalue weighted by Crippen LogP contribution is -2.44. The first kappa shape index (κ1) is 23.3. The summed E-state index contributed by atoms with van der Waals surface area (Å²) in [6.45, 7) is 2.75. The molecule has 4 N–H and O–H groups in total. The van der Waals surface area contributed by atoms with Crippen LogP contribution in [0.25, 0.3) is 0 Å². The van der Waals surface area contributed by atoms with Crippen molar-refractivity contribution in [1.82, 2.24) is 5.32 Å². The van der Waals surface area contributed by atoms with Crippen LogP contribution in [-0.2, 0) is 11.2 Å². The van der Waals surface area contributed by atoms with Gasteiger partial charge in [-0.15, -0.1) is 0 Å². The summed E-state index contributed by atoms with van der Waals surface area (Å²) in [5.41, 5.74) is 4.40. The average molecular weight is 459 g/mol. The molecule has 3 atom stereocenters. The van der Waals surface area contributed by atoms with Crippen LogP contribution in [0.1, 0.15) is 41.1 Å². The molecule has 0 aromatic heterocycles. The van der Waals surface area contributed by atoms with Gasteiger partial charge in [-0.2, -0.15) is 5.26 Å². The number of nitriles is 1. The molecule has 6 nitrogen and oxygen atoms in total. The second kappa shape index (κ2) is 10.4. The fourth-order valence-electron chi connectivity index (χ4n) is 4.34. The molecule has 174 valence electrons. The first-order chi connectivity index (χ1) is 16.5. The van der Waals surface area contributed by atoms with Crippen molar-refractivity contribution in [1.29, 1.82) is 5.26 Å². The summed E-state index contributed by atoms with van der Waals surface area (Å²) < 4.78 is 14.5. The summed E-state index contributed by atoms with van der Waals surface area (Å²) in [5.74, 6) is -2.43. The fraction of sp³-hybridized carbons (Fsp3) is 0.259. The Kier molecular flexibility index (Phi) is 7.09. The largest absolute Gasteiger partial charge is 0.481 e. The van der Waals surface area contributed by atoms with Gasteiger partial charge in [-0.1, -0.05) is 48.5 Å². The van der Waals surface area contributed by atoms with Crippen LogP contribution >= 0.6 is 0 Å². The lowest BCUT2D eigenvalue weighted by atomic mass is 9.95. The van der Waals surface area contributed by atoms with Gasteiger partial charge >= 0.3 is 5.97 Å². The number of aliphatic carboxylic acids is 1. The summed E-state index contributed by atoms with van der Waals surface area (Å²) in [7, 11) is 0. The van der Waals surface area contributed by atoms with Gasteiger partial charge in [-0.3, -0.25) is 4.79 Å². The summed E-state index contributed by atoms with van der Waals surface area (Å²) >= 11 is 0. The SMILES string of the molecule is C[C@@H](C(=O)O)c1ccc(CCN[C@H](c2ccccc2)[C@H]2CNc3cccc(C#N)c3N2)cc1F. The molecule has 0 amide bonds. The Balaban J connectivity index is 1.49. The summed E-state index contributed by atoms with van der Waals surface area (Å²) in [6, 6.07) is 22.6. The maximum absolute atomic E-state index is 14.5. The van der Waals surface area contributed by atoms with Gasteiger partial charge in [0, 0.05) is 12.1 Å². The number of benzene rings is 3. The van der Waals surface area contributed by atoms with Crippen LogP contribution in [-0.4, -0.2) is 30.2 Å². The highest BCUT2D eigenvalue weighted by atomic mass is 19.1. The normalized spacial score (nSPS) is 16.3. The highest BCUT2D eigenvalue weighted by molar-refractivity contribution is 5.77. The number of para-hydroxylation sites is 1. The zero-order chi connectivity index (χ0) is 24.1. The van der Waals surface area contributed by atoms with Crippen molar-refractivity contribution in [2.45, 2.75) is 31.3 Å². The minimum atomic E-state index is -1.05. The van der Waals surface area contributed by atoms with Crippen molar-refractivity contribution in [3.63, 3.8) is 0 Å². The van der Waals surface area contributed by atoms with E-state index in [-0.39, 0.29) is 17.6 Å². The van der Waals surface area contributed by atoms with E-state index in [9.17, 15) is 14.4 Å². The van der Waals surface area contributed by atoms with Gasteiger partial charge in [-0.25, -0.2) is 4.39 Å². The van der Waals surface area contributed by atoms with Gasteiger partial charge in [0.25, 0.3) is 0 Å². The zero-order valence-electron chi connectivity index (χ0n) is 18.9. The number of hydrogen-bond acceptors (Lipinski definition) is 5. The molecule has 1 heterocycles. The molecule has 0 unspecified atom stereocenters. The number of nitrogens with one attached hydrogen (secondary N) is 3. The highest BCUT2D eigenvalue weighted by Crippen LogP contribution is 2.33. The minimum absolute atomic E-state index is 0.0140.